The van der Waals surface area contributed by atoms with Crippen LogP contribution in [0.1, 0.15) is 28.8 Å². The summed E-state index contributed by atoms with van der Waals surface area (Å²) in [4.78, 5) is 14.3. The van der Waals surface area contributed by atoms with Gasteiger partial charge in [-0.25, -0.2) is 0 Å². The van der Waals surface area contributed by atoms with E-state index in [2.05, 4.69) is 26.6 Å². The highest BCUT2D eigenvalue weighted by Gasteiger charge is 2.32. The summed E-state index contributed by atoms with van der Waals surface area (Å²) in [7, 11) is 0. The molecular formula is C19H17BrF3N3OS. The number of hydrogen-bond acceptors (Lipinski definition) is 3. The number of rotatable bonds is 3. The van der Waals surface area contributed by atoms with E-state index in [9.17, 15) is 18.0 Å². The Hall–Kier alpha value is -2.13. The van der Waals surface area contributed by atoms with Gasteiger partial charge in [-0.3, -0.25) is 10.1 Å². The maximum atomic E-state index is 13.1. The molecule has 0 atom stereocenters. The fourth-order valence-electron chi connectivity index (χ4n) is 3.00. The Balaban J connectivity index is 1.80. The Labute approximate surface area is 174 Å². The normalized spacial score (nSPS) is 14.1. The number of carbonyl (C=O) groups excluding carboxylic acids is 1. The largest absolute Gasteiger partial charge is 0.416 e. The highest BCUT2D eigenvalue weighted by molar-refractivity contribution is 9.10. The molecule has 0 unspecified atom stereocenters. The number of anilines is 2. The van der Waals surface area contributed by atoms with Crippen LogP contribution in [0.2, 0.25) is 0 Å². The Morgan fingerprint density at radius 3 is 2.46 bits per heavy atom. The molecule has 9 heteroatoms. The summed E-state index contributed by atoms with van der Waals surface area (Å²) in [6, 6.07) is 10.2. The van der Waals surface area contributed by atoms with Crippen LogP contribution >= 0.6 is 28.1 Å². The van der Waals surface area contributed by atoms with E-state index in [-0.39, 0.29) is 10.8 Å². The molecule has 148 valence electrons. The lowest BCUT2D eigenvalue weighted by Gasteiger charge is -2.23. The van der Waals surface area contributed by atoms with Crippen LogP contribution in [0, 0.1) is 0 Å². The lowest BCUT2D eigenvalue weighted by atomic mass is 10.1. The van der Waals surface area contributed by atoms with Crippen molar-refractivity contribution in [1.29, 1.82) is 0 Å². The van der Waals surface area contributed by atoms with Crippen molar-refractivity contribution < 1.29 is 18.0 Å². The van der Waals surface area contributed by atoms with Crippen LogP contribution in [0.3, 0.4) is 0 Å². The molecule has 0 aliphatic carbocycles. The van der Waals surface area contributed by atoms with Crippen molar-refractivity contribution in [3.63, 3.8) is 0 Å². The molecule has 1 aliphatic rings. The molecule has 0 radical (unpaired) electrons. The second kappa shape index (κ2) is 8.48. The van der Waals surface area contributed by atoms with E-state index in [1.165, 1.54) is 6.07 Å². The zero-order valence-corrected chi connectivity index (χ0v) is 17.0. The van der Waals surface area contributed by atoms with Crippen molar-refractivity contribution >= 4 is 50.5 Å². The van der Waals surface area contributed by atoms with Gasteiger partial charge in [-0.05, 0) is 61.5 Å². The van der Waals surface area contributed by atoms with Gasteiger partial charge in [0.15, 0.2) is 5.11 Å². The highest BCUT2D eigenvalue weighted by Crippen LogP contribution is 2.36. The van der Waals surface area contributed by atoms with Gasteiger partial charge in [0, 0.05) is 23.1 Å². The van der Waals surface area contributed by atoms with E-state index < -0.39 is 17.6 Å². The van der Waals surface area contributed by atoms with Crippen LogP contribution in [0.5, 0.6) is 0 Å². The van der Waals surface area contributed by atoms with Gasteiger partial charge in [0.25, 0.3) is 5.91 Å². The van der Waals surface area contributed by atoms with Crippen molar-refractivity contribution in [3.05, 3.63) is 58.1 Å². The molecule has 1 fully saturated rings. The van der Waals surface area contributed by atoms with E-state index in [1.54, 1.807) is 24.3 Å². The molecule has 1 saturated heterocycles. The van der Waals surface area contributed by atoms with Gasteiger partial charge in [0.05, 0.1) is 16.9 Å². The van der Waals surface area contributed by atoms with Crippen molar-refractivity contribution in [2.75, 3.05) is 23.3 Å². The minimum atomic E-state index is -4.47. The minimum Gasteiger partial charge on any atom is -0.370 e. The van der Waals surface area contributed by atoms with Crippen molar-refractivity contribution in [2.24, 2.45) is 0 Å². The number of nitrogens with zero attached hydrogens (tertiary/aromatic N) is 1. The number of thiocarbonyl (C=S) groups is 1. The van der Waals surface area contributed by atoms with Crippen LogP contribution in [-0.2, 0) is 6.18 Å². The molecule has 3 rings (SSSR count). The monoisotopic (exact) mass is 471 g/mol. The van der Waals surface area contributed by atoms with Gasteiger partial charge >= 0.3 is 6.18 Å². The second-order valence-corrected chi connectivity index (χ2v) is 7.67. The third-order valence-corrected chi connectivity index (χ3v) is 5.03. The fraction of sp³-hybridized carbons (Fsp3) is 0.263. The lowest BCUT2D eigenvalue weighted by molar-refractivity contribution is -0.137. The summed E-state index contributed by atoms with van der Waals surface area (Å²) in [5.41, 5.74) is 0.446. The quantitative estimate of drug-likeness (QED) is 0.604. The number of hydrogen-bond donors (Lipinski definition) is 2. The molecule has 1 aliphatic heterocycles. The highest BCUT2D eigenvalue weighted by atomic mass is 79.9. The summed E-state index contributed by atoms with van der Waals surface area (Å²) in [6.07, 6.45) is -2.52. The van der Waals surface area contributed by atoms with E-state index in [4.69, 9.17) is 12.2 Å². The topological polar surface area (TPSA) is 44.4 Å². The Kier molecular flexibility index (Phi) is 6.24. The summed E-state index contributed by atoms with van der Waals surface area (Å²) in [5.74, 6) is -0.450. The van der Waals surface area contributed by atoms with E-state index >= 15 is 0 Å². The number of benzene rings is 2. The number of nitrogens with one attached hydrogen (secondary N) is 2. The smallest absolute Gasteiger partial charge is 0.370 e. The van der Waals surface area contributed by atoms with Crippen LogP contribution in [0.4, 0.5) is 24.5 Å². The fourth-order valence-corrected chi connectivity index (χ4v) is 3.61. The Morgan fingerprint density at radius 1 is 1.11 bits per heavy atom. The standard InChI is InChI=1S/C19H17BrF3N3OS/c20-14-5-3-4-12(10-14)17(27)25-18(28)24-15-11-13(19(21,22)23)6-7-16(15)26-8-1-2-9-26/h3-7,10-11H,1-2,8-9H2,(H2,24,25,27,28). The Morgan fingerprint density at radius 2 is 1.82 bits per heavy atom. The van der Waals surface area contributed by atoms with Crippen molar-refractivity contribution in [2.45, 2.75) is 19.0 Å². The van der Waals surface area contributed by atoms with Gasteiger partial charge in [-0.1, -0.05) is 22.0 Å². The second-order valence-electron chi connectivity index (χ2n) is 6.34. The lowest BCUT2D eigenvalue weighted by Crippen LogP contribution is -2.34. The van der Waals surface area contributed by atoms with Gasteiger partial charge in [-0.2, -0.15) is 13.2 Å². The minimum absolute atomic E-state index is 0.0650. The summed E-state index contributed by atoms with van der Waals surface area (Å²) in [5, 5.41) is 5.20. The average Bonchev–Trinajstić information content (AvgIpc) is 3.15. The number of amides is 1. The first-order valence-electron chi connectivity index (χ1n) is 8.58. The molecule has 4 nitrogen and oxygen atoms in total. The molecule has 28 heavy (non-hydrogen) atoms. The number of alkyl halides is 3. The predicted octanol–water partition coefficient (Wildman–Crippen LogP) is 5.19. The predicted molar refractivity (Wildman–Crippen MR) is 111 cm³/mol. The first-order chi connectivity index (χ1) is 13.2. The van der Waals surface area contributed by atoms with Gasteiger partial charge in [0.2, 0.25) is 0 Å². The SMILES string of the molecule is O=C(NC(=S)Nc1cc(C(F)(F)F)ccc1N1CCCC1)c1cccc(Br)c1. The summed E-state index contributed by atoms with van der Waals surface area (Å²) < 4.78 is 40.1. The van der Waals surface area contributed by atoms with Crippen LogP contribution in [0.25, 0.3) is 0 Å². The zero-order valence-electron chi connectivity index (χ0n) is 14.6. The Bertz CT molecular complexity index is 898. The number of halogens is 4. The van der Waals surface area contributed by atoms with Crippen LogP contribution in [0.15, 0.2) is 46.9 Å². The average molecular weight is 472 g/mol. The first-order valence-corrected chi connectivity index (χ1v) is 9.78. The van der Waals surface area contributed by atoms with Crippen molar-refractivity contribution in [3.8, 4) is 0 Å². The third kappa shape index (κ3) is 5.02. The maximum absolute atomic E-state index is 13.1. The van der Waals surface area contributed by atoms with E-state index in [1.807, 2.05) is 4.90 Å². The molecule has 0 aromatic heterocycles. The first kappa shape index (κ1) is 20.6. The third-order valence-electron chi connectivity index (χ3n) is 4.33. The molecule has 2 aromatic carbocycles. The molecular weight excluding hydrogens is 455 g/mol. The van der Waals surface area contributed by atoms with Gasteiger partial charge < -0.3 is 10.2 Å². The number of carbonyl (C=O) groups is 1. The van der Waals surface area contributed by atoms with Crippen molar-refractivity contribution in [1.82, 2.24) is 5.32 Å². The molecule has 1 amide bonds. The molecule has 1 heterocycles. The summed E-state index contributed by atoms with van der Waals surface area (Å²) in [6.45, 7) is 1.52. The molecule has 2 N–H and O–H groups in total. The van der Waals surface area contributed by atoms with Gasteiger partial charge in [-0.15, -0.1) is 0 Å². The van der Waals surface area contributed by atoms with Gasteiger partial charge in [0.1, 0.15) is 0 Å². The molecule has 0 bridgehead atoms. The molecule has 0 saturated carbocycles. The summed E-state index contributed by atoms with van der Waals surface area (Å²) >= 11 is 8.45. The van der Waals surface area contributed by atoms with Crippen LogP contribution < -0.4 is 15.5 Å². The maximum Gasteiger partial charge on any atom is 0.416 e. The molecule has 2 aromatic rings. The van der Waals surface area contributed by atoms with Crippen LogP contribution in [-0.4, -0.2) is 24.1 Å². The van der Waals surface area contributed by atoms with E-state index in [0.29, 0.717) is 11.3 Å². The molecule has 0 spiro atoms. The zero-order chi connectivity index (χ0) is 20.3. The van der Waals surface area contributed by atoms with E-state index in [0.717, 1.165) is 42.5 Å².